The van der Waals surface area contributed by atoms with Crippen molar-refractivity contribution >= 4 is 107 Å². The Bertz CT molecular complexity index is 4120. The molecule has 0 radical (unpaired) electrons. The number of azide groups is 1. The van der Waals surface area contributed by atoms with Crippen molar-refractivity contribution < 1.29 is 129 Å². The molecular formula is C52H69N11O28P3S4+. The average Bonchev–Trinajstić information content (AvgIpc) is 0.878. The molecule has 39 nitrogen and oxygen atoms in total. The van der Waals surface area contributed by atoms with Crippen molar-refractivity contribution in [1.29, 1.82) is 0 Å². The fourth-order valence-electron chi connectivity index (χ4n) is 8.28. The van der Waals surface area contributed by atoms with E-state index in [0.29, 0.717) is 59.8 Å². The number of ether oxygens (including phenoxy) is 7. The van der Waals surface area contributed by atoms with Gasteiger partial charge in [0.1, 0.15) is 42.2 Å². The van der Waals surface area contributed by atoms with E-state index in [1.165, 1.54) is 17.0 Å². The topological polar surface area (TPSA) is 589 Å². The number of alkyl carbamates (subject to hydrolysis) is 2. The van der Waals surface area contributed by atoms with Crippen LogP contribution in [0.1, 0.15) is 67.2 Å². The highest BCUT2D eigenvalue weighted by Gasteiger charge is 2.44. The van der Waals surface area contributed by atoms with Gasteiger partial charge in [0, 0.05) is 81.9 Å². The van der Waals surface area contributed by atoms with Gasteiger partial charge in [-0.2, -0.15) is 13.6 Å². The number of nitrogens with zero attached hydrogens (tertiary/aromatic N) is 5. The first-order valence-corrected chi connectivity index (χ1v) is 37.1. The van der Waals surface area contributed by atoms with Crippen LogP contribution in [0.5, 0.6) is 0 Å². The van der Waals surface area contributed by atoms with Crippen LogP contribution in [0.2, 0.25) is 0 Å². The van der Waals surface area contributed by atoms with Gasteiger partial charge in [0.15, 0.2) is 5.36 Å². The molecule has 98 heavy (non-hydrogen) atoms. The van der Waals surface area contributed by atoms with Gasteiger partial charge in [-0.15, -0.1) is 25.3 Å². The Hall–Kier alpha value is -7.36. The molecule has 1 saturated heterocycles. The number of nitrogens with one attached hydrogen (secondary N) is 3. The fourth-order valence-corrected chi connectivity index (χ4v) is 13.6. The molecule has 0 bridgehead atoms. The van der Waals surface area contributed by atoms with Gasteiger partial charge in [-0.05, 0) is 87.0 Å². The van der Waals surface area contributed by atoms with Gasteiger partial charge in [-0.1, -0.05) is 44.6 Å². The van der Waals surface area contributed by atoms with Crippen LogP contribution in [-0.4, -0.2) is 175 Å². The Morgan fingerprint density at radius 1 is 0.847 bits per heavy atom. The predicted octanol–water partition coefficient (Wildman–Crippen LogP) is 2.74. The van der Waals surface area contributed by atoms with Crippen molar-refractivity contribution in [3.8, 4) is 34.3 Å². The second kappa shape index (κ2) is 41.3. The first-order chi connectivity index (χ1) is 46.2. The third-order valence-corrected chi connectivity index (χ3v) is 19.3. The van der Waals surface area contributed by atoms with Crippen LogP contribution in [0.4, 0.5) is 21.1 Å². The van der Waals surface area contributed by atoms with Gasteiger partial charge in [-0.3, -0.25) is 19.3 Å². The Labute approximate surface area is 568 Å². The summed E-state index contributed by atoms with van der Waals surface area (Å²) in [5.74, 6) is 5.78. The second-order valence-corrected chi connectivity index (χ2v) is 28.4. The van der Waals surface area contributed by atoms with Crippen LogP contribution in [0, 0.1) is 18.8 Å². The lowest BCUT2D eigenvalue weighted by Gasteiger charge is -2.22. The zero-order valence-corrected chi connectivity index (χ0v) is 58.0. The Kier molecular flexibility index (Phi) is 35.0. The number of benzene rings is 3. The molecule has 6 rings (SSSR count). The molecule has 3 amide bonds. The molecule has 2 aromatic carbocycles. The number of anilines is 2. The van der Waals surface area contributed by atoms with E-state index >= 15 is 0 Å². The summed E-state index contributed by atoms with van der Waals surface area (Å²) in [6, 6.07) is 16.5. The number of carbonyl (C=O) groups excluding carboxylic acids is 3. The van der Waals surface area contributed by atoms with Crippen LogP contribution in [-0.2, 0) is 81.2 Å². The number of unbranched alkanes of at least 4 members (excludes halogenated alkanes) is 1. The number of rotatable bonds is 35. The van der Waals surface area contributed by atoms with E-state index in [2.05, 4.69) is 55.9 Å². The van der Waals surface area contributed by atoms with Crippen molar-refractivity contribution in [3.05, 3.63) is 104 Å². The molecule has 1 aromatic heterocycles. The van der Waals surface area contributed by atoms with Crippen molar-refractivity contribution in [2.24, 2.45) is 5.11 Å². The minimum atomic E-state index is -5.83. The third-order valence-electron chi connectivity index (χ3n) is 12.5. The van der Waals surface area contributed by atoms with Gasteiger partial charge >= 0.3 is 62.6 Å². The first kappa shape index (κ1) is 83.1. The normalized spacial score (nSPS) is 15.4. The summed E-state index contributed by atoms with van der Waals surface area (Å²) in [5.41, 5.74) is 25.0. The van der Waals surface area contributed by atoms with Crippen molar-refractivity contribution in [1.82, 2.24) is 25.5 Å². The highest BCUT2D eigenvalue weighted by Crippen LogP contribution is 2.66. The zero-order valence-electron chi connectivity index (χ0n) is 52.1. The Morgan fingerprint density at radius 2 is 1.51 bits per heavy atom. The van der Waals surface area contributed by atoms with Crippen molar-refractivity contribution in [2.45, 2.75) is 69.6 Å². The maximum absolute atomic E-state index is 13.2. The molecule has 3 aliphatic rings. The molecule has 1 aliphatic carbocycles. The summed E-state index contributed by atoms with van der Waals surface area (Å²) >= 11 is 0. The molecule has 0 spiro atoms. The van der Waals surface area contributed by atoms with Crippen molar-refractivity contribution in [3.63, 3.8) is 0 Å². The fraction of sp³-hybridized carbons (Fsp3) is 0.462. The number of amides is 3. The monoisotopic (exact) mass is 1520 g/mol. The molecule has 538 valence electrons. The summed E-state index contributed by atoms with van der Waals surface area (Å²) in [6.07, 6.45) is -2.38. The number of carbonyl (C=O) groups is 3. The minimum absolute atomic E-state index is 0.0177. The largest absolute Gasteiger partial charge is 0.490 e. The second-order valence-electron chi connectivity index (χ2n) is 20.3. The quantitative estimate of drug-likeness (QED) is 0.00266. The zero-order chi connectivity index (χ0) is 72.6. The molecule has 3 aromatic rings. The summed E-state index contributed by atoms with van der Waals surface area (Å²) in [5, 5.41) is 18.7. The summed E-state index contributed by atoms with van der Waals surface area (Å²) in [4.78, 5) is 93.7. The molecule has 5 atom stereocenters. The Morgan fingerprint density at radius 3 is 2.19 bits per heavy atom. The number of aryl methyl sites for hydroxylation is 1. The SMILES string of the molecule is Cc1ccc(C(=O)NCCOCCOCCNC(=O)OCCC(C)(C)SSCOCCCCOC(=O)NCC#Cc2cn([C@H]3C[C@@H](OCN=[N+]=[N-])[C@@H](COP(=O)(O)OP(=O)(O)OP(=O)(O)O)O3)c(=O)nc2N)cc1-c1c2ccc(=[NH2+])cc-2oc2cc(N)ccc12.O=S(=O)=O.O=S(=O)=O. The molecular weight excluding hydrogens is 1450 g/mol. The molecule has 3 heterocycles. The number of aromatic nitrogens is 2. The lowest BCUT2D eigenvalue weighted by molar-refractivity contribution is -0.172. The number of nitrogen functional groups attached to an aromatic ring is 2. The average molecular weight is 1520 g/mol. The van der Waals surface area contributed by atoms with Crippen LogP contribution in [0.15, 0.2) is 75.1 Å². The van der Waals surface area contributed by atoms with E-state index in [1.807, 2.05) is 57.2 Å². The van der Waals surface area contributed by atoms with Crippen LogP contribution in [0.3, 0.4) is 0 Å². The highest BCUT2D eigenvalue weighted by molar-refractivity contribution is 8.77. The Balaban J connectivity index is 0.00000241. The number of hydrogen-bond acceptors (Lipinski definition) is 30. The van der Waals surface area contributed by atoms with Crippen LogP contribution >= 0.6 is 45.1 Å². The first-order valence-electron chi connectivity index (χ1n) is 28.2. The van der Waals surface area contributed by atoms with Gasteiger partial charge < -0.3 is 84.6 Å². The molecule has 1 fully saturated rings. The van der Waals surface area contributed by atoms with Gasteiger partial charge in [0.05, 0.1) is 70.5 Å². The number of fused-ring (bicyclic) bond motifs is 2. The molecule has 2 unspecified atom stereocenters. The van der Waals surface area contributed by atoms with Gasteiger partial charge in [0.25, 0.3) is 5.91 Å². The number of phosphoric acid groups is 3. The smallest absolute Gasteiger partial charge is 0.456 e. The summed E-state index contributed by atoms with van der Waals surface area (Å²) in [7, 11) is -20.2. The van der Waals surface area contributed by atoms with Crippen LogP contribution in [0.25, 0.3) is 43.9 Å². The maximum Gasteiger partial charge on any atom is 0.490 e. The van der Waals surface area contributed by atoms with Gasteiger partial charge in [0.2, 0.25) is 0 Å². The van der Waals surface area contributed by atoms with E-state index in [1.54, 1.807) is 29.0 Å². The number of hydrogen-bond donors (Lipinski definition) is 10. The van der Waals surface area contributed by atoms with E-state index in [4.69, 9.17) is 95.0 Å². The standard InChI is InChI=1S/C52H68N11O22P3S2.2O3S/c1-33-8-9-34(25-40(33)46-38-12-10-36(53)26-41(38)82-42-27-37(54)11-13-39(42)46)48(64)57-16-21-75-23-24-76-22-17-59-51(67)79-20-14-52(2,3)90-89-32-77-18-4-5-19-78-50(66)58-15-6-7-35-29-63(49(65)61-47(35)55)45-28-43(80-31-60-62-56)44(83-45)30-81-87(71,72)85-88(73,74)84-86(68,69)70;2*1-4(2)3/h8-13,25-27,29,43-45,53H,4-5,14-24,28,30-32,54H2,1-3H3,(H,57,64)(H,58,66)(H,59,67)(H,71,72)(H,73,74)(H2,55,61,65)(H2,68,69,70);;/p+1/t43-,44-,45-;;/m1../s1. The molecule has 46 heteroatoms. The molecule has 0 saturated carbocycles. The number of nitrogens with two attached hydrogens (primary N) is 3. The lowest BCUT2D eigenvalue weighted by atomic mass is 9.90. The highest BCUT2D eigenvalue weighted by atomic mass is 33.1. The van der Waals surface area contributed by atoms with Gasteiger partial charge in [-0.25, -0.2) is 28.1 Å². The predicted molar refractivity (Wildman–Crippen MR) is 345 cm³/mol. The third kappa shape index (κ3) is 31.7. The number of phosphoric ester groups is 1. The molecule has 2 aliphatic heterocycles. The van der Waals surface area contributed by atoms with E-state index in [9.17, 15) is 42.7 Å². The summed E-state index contributed by atoms with van der Waals surface area (Å²) < 4.78 is 143. The van der Waals surface area contributed by atoms with Crippen molar-refractivity contribution in [2.75, 3.05) is 96.6 Å². The molecule has 13 N–H and O–H groups in total. The van der Waals surface area contributed by atoms with Crippen LogP contribution < -0.4 is 43.9 Å². The summed E-state index contributed by atoms with van der Waals surface area (Å²) in [6.45, 7) is 6.61. The van der Waals surface area contributed by atoms with E-state index in [0.717, 1.165) is 32.2 Å². The maximum atomic E-state index is 13.2. The van der Waals surface area contributed by atoms with E-state index < -0.39 is 94.3 Å². The minimum Gasteiger partial charge on any atom is -0.456 e. The van der Waals surface area contributed by atoms with E-state index in [-0.39, 0.29) is 87.7 Å². The lowest BCUT2D eigenvalue weighted by Crippen LogP contribution is -2.44.